The first-order valence-corrected chi connectivity index (χ1v) is 12.7. The Morgan fingerprint density at radius 1 is 0.943 bits per heavy atom. The van der Waals surface area contributed by atoms with E-state index in [0.29, 0.717) is 11.6 Å². The summed E-state index contributed by atoms with van der Waals surface area (Å²) in [7, 11) is -3.11. The number of nitrogens with zero attached hydrogens (tertiary/aromatic N) is 2. The Morgan fingerprint density at radius 3 is 2.34 bits per heavy atom. The SMILES string of the molecule is O=S(=O)=O.O=c1ccc2ccc(OCCCCN3CCN(c4ccc(O)c(Cl)c4Cl)CC3)cc2[nH]1. The van der Waals surface area contributed by atoms with E-state index in [-0.39, 0.29) is 16.3 Å². The molecule has 4 rings (SSSR count). The number of phenolic OH excluding ortho intramolecular Hbond substituents is 1. The lowest BCUT2D eigenvalue weighted by Crippen LogP contribution is -2.46. The number of benzene rings is 2. The Bertz CT molecular complexity index is 1320. The number of aromatic nitrogens is 1. The molecule has 1 aliphatic heterocycles. The Hall–Kier alpha value is -2.79. The van der Waals surface area contributed by atoms with Crippen molar-refractivity contribution in [2.45, 2.75) is 12.8 Å². The fraction of sp³-hybridized carbons (Fsp3) is 0.348. The van der Waals surface area contributed by atoms with Crippen LogP contribution in [0.1, 0.15) is 12.8 Å². The van der Waals surface area contributed by atoms with Crippen LogP contribution in [0.25, 0.3) is 10.9 Å². The highest BCUT2D eigenvalue weighted by molar-refractivity contribution is 7.59. The highest BCUT2D eigenvalue weighted by Crippen LogP contribution is 2.38. The molecule has 35 heavy (non-hydrogen) atoms. The minimum absolute atomic E-state index is 0.00764. The van der Waals surface area contributed by atoms with Crippen LogP contribution in [0, 0.1) is 0 Å². The summed E-state index contributed by atoms with van der Waals surface area (Å²) in [6.07, 6.45) is 2.01. The third-order valence-electron chi connectivity index (χ3n) is 5.59. The molecule has 0 saturated carbocycles. The number of pyridine rings is 1. The van der Waals surface area contributed by atoms with Gasteiger partial charge < -0.3 is 19.7 Å². The van der Waals surface area contributed by atoms with Crippen molar-refractivity contribution in [2.75, 3.05) is 44.2 Å². The van der Waals surface area contributed by atoms with Gasteiger partial charge in [0.25, 0.3) is 0 Å². The van der Waals surface area contributed by atoms with E-state index in [1.807, 2.05) is 30.3 Å². The maximum atomic E-state index is 11.5. The quantitative estimate of drug-likeness (QED) is 0.436. The zero-order valence-electron chi connectivity index (χ0n) is 18.7. The molecule has 0 bridgehead atoms. The smallest absolute Gasteiger partial charge is 0.425 e. The Kier molecular flexibility index (Phi) is 9.79. The van der Waals surface area contributed by atoms with Crippen LogP contribution in [0.5, 0.6) is 11.5 Å². The van der Waals surface area contributed by atoms with Crippen LogP contribution in [0.15, 0.2) is 47.3 Å². The fourth-order valence-electron chi connectivity index (χ4n) is 3.83. The van der Waals surface area contributed by atoms with Gasteiger partial charge in [0.15, 0.2) is 0 Å². The molecule has 2 heterocycles. The first-order chi connectivity index (χ1) is 16.7. The van der Waals surface area contributed by atoms with Crippen LogP contribution in [0.3, 0.4) is 0 Å². The molecule has 0 amide bonds. The van der Waals surface area contributed by atoms with Crippen molar-refractivity contribution in [2.24, 2.45) is 0 Å². The van der Waals surface area contributed by atoms with Crippen LogP contribution >= 0.6 is 23.2 Å². The molecule has 0 atom stereocenters. The van der Waals surface area contributed by atoms with Crippen molar-refractivity contribution < 1.29 is 22.5 Å². The van der Waals surface area contributed by atoms with Crippen molar-refractivity contribution >= 4 is 50.4 Å². The molecule has 2 aromatic carbocycles. The number of phenols is 1. The second-order valence-corrected chi connectivity index (χ2v) is 9.06. The maximum Gasteiger partial charge on any atom is 0.425 e. The Morgan fingerprint density at radius 2 is 1.63 bits per heavy atom. The summed E-state index contributed by atoms with van der Waals surface area (Å²) < 4.78 is 31.2. The second kappa shape index (κ2) is 12.8. The predicted octanol–water partition coefficient (Wildman–Crippen LogP) is 3.52. The number of piperazine rings is 1. The van der Waals surface area contributed by atoms with E-state index in [4.69, 9.17) is 40.6 Å². The zero-order valence-corrected chi connectivity index (χ0v) is 21.1. The van der Waals surface area contributed by atoms with Gasteiger partial charge in [-0.2, -0.15) is 0 Å². The first kappa shape index (κ1) is 26.8. The molecule has 0 spiro atoms. The lowest BCUT2D eigenvalue weighted by molar-refractivity contribution is 0.238. The van der Waals surface area contributed by atoms with Gasteiger partial charge in [-0.05, 0) is 55.1 Å². The molecule has 2 N–H and O–H groups in total. The number of aromatic hydroxyl groups is 1. The van der Waals surface area contributed by atoms with Gasteiger partial charge in [0.05, 0.1) is 22.8 Å². The number of anilines is 1. The molecular weight excluding hydrogens is 517 g/mol. The van der Waals surface area contributed by atoms with E-state index in [2.05, 4.69) is 14.8 Å². The van der Waals surface area contributed by atoms with Crippen molar-refractivity contribution in [3.05, 3.63) is 62.9 Å². The molecule has 1 fully saturated rings. The number of hydrogen-bond donors (Lipinski definition) is 2. The molecule has 0 unspecified atom stereocenters. The predicted molar refractivity (Wildman–Crippen MR) is 136 cm³/mol. The topological polar surface area (TPSA) is 120 Å². The first-order valence-electron chi connectivity index (χ1n) is 10.9. The molecule has 9 nitrogen and oxygen atoms in total. The van der Waals surface area contributed by atoms with Crippen molar-refractivity contribution in [3.63, 3.8) is 0 Å². The fourth-order valence-corrected chi connectivity index (χ4v) is 4.27. The third-order valence-corrected chi connectivity index (χ3v) is 6.45. The van der Waals surface area contributed by atoms with Crippen LogP contribution in [0.2, 0.25) is 10.0 Å². The van der Waals surface area contributed by atoms with Gasteiger partial charge >= 0.3 is 10.6 Å². The molecular formula is C23H25Cl2N3O6S. The molecule has 1 aromatic heterocycles. The highest BCUT2D eigenvalue weighted by atomic mass is 35.5. The lowest BCUT2D eigenvalue weighted by atomic mass is 10.2. The van der Waals surface area contributed by atoms with Crippen molar-refractivity contribution in [1.82, 2.24) is 9.88 Å². The number of ether oxygens (including phenoxy) is 1. The van der Waals surface area contributed by atoms with Crippen LogP contribution in [-0.2, 0) is 10.6 Å². The van der Waals surface area contributed by atoms with E-state index < -0.39 is 10.6 Å². The van der Waals surface area contributed by atoms with Gasteiger partial charge in [0.1, 0.15) is 16.5 Å². The standard InChI is InChI=1S/C23H25Cl2N3O3.O3S/c24-22-19(6-7-20(29)23(22)25)28-12-10-27(11-13-28)9-1-2-14-31-17-5-3-16-4-8-21(30)26-18(16)15-17;1-4(2)3/h3-8,15,29H,1-2,9-14H2,(H,26,30);. The van der Waals surface area contributed by atoms with Crippen LogP contribution in [0.4, 0.5) is 5.69 Å². The van der Waals surface area contributed by atoms with Crippen molar-refractivity contribution in [1.29, 1.82) is 0 Å². The Labute approximate surface area is 213 Å². The van der Waals surface area contributed by atoms with Crippen LogP contribution in [-0.4, -0.2) is 66.9 Å². The average Bonchev–Trinajstić information content (AvgIpc) is 2.82. The number of aromatic amines is 1. The number of unbranched alkanes of at least 4 members (excludes halogenated alkanes) is 1. The normalized spacial score (nSPS) is 13.8. The highest BCUT2D eigenvalue weighted by Gasteiger charge is 2.20. The van der Waals surface area contributed by atoms with E-state index in [9.17, 15) is 9.90 Å². The lowest BCUT2D eigenvalue weighted by Gasteiger charge is -2.36. The van der Waals surface area contributed by atoms with E-state index in [0.717, 1.165) is 67.9 Å². The van der Waals surface area contributed by atoms with Gasteiger partial charge in [0, 0.05) is 38.3 Å². The summed E-state index contributed by atoms with van der Waals surface area (Å²) in [5.41, 5.74) is 1.55. The van der Waals surface area contributed by atoms with E-state index in [1.165, 1.54) is 6.07 Å². The van der Waals surface area contributed by atoms with Crippen molar-refractivity contribution in [3.8, 4) is 11.5 Å². The van der Waals surface area contributed by atoms with E-state index in [1.54, 1.807) is 6.07 Å². The molecule has 188 valence electrons. The van der Waals surface area contributed by atoms with Crippen LogP contribution < -0.4 is 15.2 Å². The van der Waals surface area contributed by atoms with E-state index >= 15 is 0 Å². The third kappa shape index (κ3) is 7.86. The minimum Gasteiger partial charge on any atom is -0.506 e. The summed E-state index contributed by atoms with van der Waals surface area (Å²) in [4.78, 5) is 18.9. The summed E-state index contributed by atoms with van der Waals surface area (Å²) >= 11 is 12.4. The molecule has 1 aliphatic rings. The summed E-state index contributed by atoms with van der Waals surface area (Å²) in [5.74, 6) is 0.778. The number of H-pyrrole nitrogens is 1. The largest absolute Gasteiger partial charge is 0.506 e. The summed E-state index contributed by atoms with van der Waals surface area (Å²) in [6, 6.07) is 12.5. The number of fused-ring (bicyclic) bond motifs is 1. The summed E-state index contributed by atoms with van der Waals surface area (Å²) in [5, 5.41) is 11.3. The number of rotatable bonds is 7. The number of hydrogen-bond acceptors (Lipinski definition) is 8. The number of nitrogens with one attached hydrogen (secondary N) is 1. The number of halogens is 2. The summed E-state index contributed by atoms with van der Waals surface area (Å²) in [6.45, 7) is 5.30. The van der Waals surface area contributed by atoms with Gasteiger partial charge in [-0.1, -0.05) is 23.2 Å². The molecule has 3 aromatic rings. The maximum absolute atomic E-state index is 11.5. The molecule has 12 heteroatoms. The minimum atomic E-state index is -3.11. The molecule has 1 saturated heterocycles. The average molecular weight is 542 g/mol. The monoisotopic (exact) mass is 541 g/mol. The van der Waals surface area contributed by atoms with Gasteiger partial charge in [-0.15, -0.1) is 12.6 Å². The second-order valence-electron chi connectivity index (χ2n) is 7.89. The molecule has 0 aliphatic carbocycles. The van der Waals surface area contributed by atoms with Gasteiger partial charge in [0.2, 0.25) is 5.56 Å². The molecule has 0 radical (unpaired) electrons. The van der Waals surface area contributed by atoms with Gasteiger partial charge in [-0.3, -0.25) is 9.69 Å². The van der Waals surface area contributed by atoms with Gasteiger partial charge in [-0.25, -0.2) is 0 Å². The zero-order chi connectivity index (χ0) is 25.4. The Balaban J connectivity index is 0.000000795.